The number of nitro benzene ring substituents is 1. The Hall–Kier alpha value is -3.82. The molecule has 0 aliphatic rings. The van der Waals surface area contributed by atoms with Gasteiger partial charge in [0.1, 0.15) is 6.54 Å². The SMILES string of the molecule is COc1cc(C)c(NC(=O)Cn2c(=O)oc3cc([N+](=O)[O-])ccc32)cc1OC. The Labute approximate surface area is 158 Å². The molecule has 10 heteroatoms. The molecular weight excluding hydrogens is 370 g/mol. The molecular formula is C18H17N3O7. The first-order chi connectivity index (χ1) is 13.3. The molecule has 1 N–H and O–H groups in total. The highest BCUT2D eigenvalue weighted by Gasteiger charge is 2.17. The van der Waals surface area contributed by atoms with Crippen LogP contribution in [-0.4, -0.2) is 29.6 Å². The van der Waals surface area contributed by atoms with E-state index in [0.717, 1.165) is 16.2 Å². The molecule has 0 fully saturated rings. The van der Waals surface area contributed by atoms with Crippen LogP contribution in [0.25, 0.3) is 11.1 Å². The summed E-state index contributed by atoms with van der Waals surface area (Å²) >= 11 is 0. The quantitative estimate of drug-likeness (QED) is 0.508. The van der Waals surface area contributed by atoms with Gasteiger partial charge in [-0.1, -0.05) is 0 Å². The maximum absolute atomic E-state index is 12.5. The molecule has 0 saturated carbocycles. The lowest BCUT2D eigenvalue weighted by atomic mass is 10.1. The molecule has 1 heterocycles. The molecule has 0 spiro atoms. The molecule has 0 saturated heterocycles. The highest BCUT2D eigenvalue weighted by molar-refractivity contribution is 5.92. The number of fused-ring (bicyclic) bond motifs is 1. The minimum Gasteiger partial charge on any atom is -0.493 e. The van der Waals surface area contributed by atoms with Gasteiger partial charge in [-0.05, 0) is 24.6 Å². The summed E-state index contributed by atoms with van der Waals surface area (Å²) in [6, 6.07) is 7.08. The molecule has 1 aromatic heterocycles. The summed E-state index contributed by atoms with van der Waals surface area (Å²) in [6.07, 6.45) is 0. The third-order valence-electron chi connectivity index (χ3n) is 4.17. The van der Waals surface area contributed by atoms with Gasteiger partial charge in [0.05, 0.1) is 30.7 Å². The van der Waals surface area contributed by atoms with Crippen LogP contribution in [-0.2, 0) is 11.3 Å². The van der Waals surface area contributed by atoms with E-state index in [4.69, 9.17) is 13.9 Å². The van der Waals surface area contributed by atoms with Crippen LogP contribution in [0.5, 0.6) is 11.5 Å². The van der Waals surface area contributed by atoms with Crippen molar-refractivity contribution in [2.24, 2.45) is 0 Å². The van der Waals surface area contributed by atoms with Crippen molar-refractivity contribution in [1.29, 1.82) is 0 Å². The third kappa shape index (κ3) is 3.52. The molecule has 1 amide bonds. The summed E-state index contributed by atoms with van der Waals surface area (Å²) in [7, 11) is 2.99. The minimum atomic E-state index is -0.783. The molecule has 0 aliphatic heterocycles. The number of carbonyl (C=O) groups excluding carboxylic acids is 1. The number of methoxy groups -OCH3 is 2. The van der Waals surface area contributed by atoms with Crippen molar-refractivity contribution in [2.75, 3.05) is 19.5 Å². The van der Waals surface area contributed by atoms with E-state index < -0.39 is 16.6 Å². The fourth-order valence-corrected chi connectivity index (χ4v) is 2.77. The molecule has 0 bridgehead atoms. The summed E-state index contributed by atoms with van der Waals surface area (Å²) in [5.41, 5.74) is 1.35. The fraction of sp³-hybridized carbons (Fsp3) is 0.222. The number of aryl methyl sites for hydroxylation is 1. The summed E-state index contributed by atoms with van der Waals surface area (Å²) in [5.74, 6) is -0.286. The van der Waals surface area contributed by atoms with Crippen molar-refractivity contribution >= 4 is 28.4 Å². The highest BCUT2D eigenvalue weighted by atomic mass is 16.6. The molecule has 0 unspecified atom stereocenters. The predicted octanol–water partition coefficient (Wildman–Crippen LogP) is 2.47. The normalized spacial score (nSPS) is 10.7. The number of hydrogen-bond acceptors (Lipinski definition) is 7. The second-order valence-corrected chi connectivity index (χ2v) is 5.93. The molecule has 28 heavy (non-hydrogen) atoms. The van der Waals surface area contributed by atoms with E-state index >= 15 is 0 Å². The van der Waals surface area contributed by atoms with Crippen LogP contribution in [0.2, 0.25) is 0 Å². The highest BCUT2D eigenvalue weighted by Crippen LogP contribution is 2.33. The Balaban J connectivity index is 1.87. The average molecular weight is 387 g/mol. The number of non-ortho nitro benzene ring substituents is 1. The zero-order valence-corrected chi connectivity index (χ0v) is 15.3. The third-order valence-corrected chi connectivity index (χ3v) is 4.17. The van der Waals surface area contributed by atoms with Crippen LogP contribution < -0.4 is 20.5 Å². The van der Waals surface area contributed by atoms with Gasteiger partial charge < -0.3 is 19.2 Å². The second-order valence-electron chi connectivity index (χ2n) is 5.93. The number of nitrogens with one attached hydrogen (secondary N) is 1. The Bertz CT molecular complexity index is 1130. The molecule has 3 aromatic rings. The van der Waals surface area contributed by atoms with Gasteiger partial charge in [0.25, 0.3) is 5.69 Å². The number of ether oxygens (including phenoxy) is 2. The summed E-state index contributed by atoms with van der Waals surface area (Å²) in [4.78, 5) is 34.8. The average Bonchev–Trinajstić information content (AvgIpc) is 2.97. The van der Waals surface area contributed by atoms with Crippen LogP contribution in [0.4, 0.5) is 11.4 Å². The lowest BCUT2D eigenvalue weighted by Gasteiger charge is -2.13. The smallest absolute Gasteiger partial charge is 0.420 e. The number of aromatic nitrogens is 1. The van der Waals surface area contributed by atoms with Crippen molar-refractivity contribution in [3.63, 3.8) is 0 Å². The van der Waals surface area contributed by atoms with Crippen molar-refractivity contribution in [2.45, 2.75) is 13.5 Å². The summed E-state index contributed by atoms with van der Waals surface area (Å²) < 4.78 is 16.6. The van der Waals surface area contributed by atoms with Crippen LogP contribution >= 0.6 is 0 Å². The second kappa shape index (κ2) is 7.43. The molecule has 0 radical (unpaired) electrons. The van der Waals surface area contributed by atoms with Gasteiger partial charge in [-0.25, -0.2) is 4.79 Å². The number of hydrogen-bond donors (Lipinski definition) is 1. The molecule has 0 aliphatic carbocycles. The van der Waals surface area contributed by atoms with Crippen molar-refractivity contribution < 1.29 is 23.6 Å². The van der Waals surface area contributed by atoms with Gasteiger partial charge in [-0.2, -0.15) is 0 Å². The largest absolute Gasteiger partial charge is 0.493 e. The Morgan fingerprint density at radius 3 is 2.54 bits per heavy atom. The van der Waals surface area contributed by atoms with E-state index in [1.165, 1.54) is 26.4 Å². The van der Waals surface area contributed by atoms with E-state index in [2.05, 4.69) is 5.32 Å². The first-order valence-corrected chi connectivity index (χ1v) is 8.14. The summed E-state index contributed by atoms with van der Waals surface area (Å²) in [6.45, 7) is 1.47. The lowest BCUT2D eigenvalue weighted by Crippen LogP contribution is -2.25. The number of anilines is 1. The van der Waals surface area contributed by atoms with Gasteiger partial charge in [0, 0.05) is 17.8 Å². The Morgan fingerprint density at radius 1 is 1.21 bits per heavy atom. The molecule has 146 valence electrons. The first-order valence-electron chi connectivity index (χ1n) is 8.14. The molecule has 10 nitrogen and oxygen atoms in total. The van der Waals surface area contributed by atoms with Crippen molar-refractivity contribution in [1.82, 2.24) is 4.57 Å². The number of amides is 1. The van der Waals surface area contributed by atoms with Crippen LogP contribution in [0.15, 0.2) is 39.5 Å². The van der Waals surface area contributed by atoms with Crippen LogP contribution in [0.3, 0.4) is 0 Å². The number of carbonyl (C=O) groups is 1. The number of nitrogens with zero attached hydrogens (tertiary/aromatic N) is 2. The lowest BCUT2D eigenvalue weighted by molar-refractivity contribution is -0.384. The van der Waals surface area contributed by atoms with Crippen molar-refractivity contribution in [3.8, 4) is 11.5 Å². The molecule has 2 aromatic carbocycles. The zero-order chi connectivity index (χ0) is 20.4. The van der Waals surface area contributed by atoms with Gasteiger partial charge in [-0.15, -0.1) is 0 Å². The van der Waals surface area contributed by atoms with Crippen molar-refractivity contribution in [3.05, 3.63) is 56.6 Å². The van der Waals surface area contributed by atoms with Gasteiger partial charge in [0.15, 0.2) is 17.1 Å². The van der Waals surface area contributed by atoms with Crippen LogP contribution in [0.1, 0.15) is 5.56 Å². The maximum Gasteiger partial charge on any atom is 0.420 e. The van der Waals surface area contributed by atoms with E-state index in [-0.39, 0.29) is 23.3 Å². The van der Waals surface area contributed by atoms with Crippen LogP contribution in [0, 0.1) is 17.0 Å². The van der Waals surface area contributed by atoms with Gasteiger partial charge >= 0.3 is 5.76 Å². The Kier molecular flexibility index (Phi) is 5.03. The summed E-state index contributed by atoms with van der Waals surface area (Å²) in [5, 5.41) is 13.6. The fourth-order valence-electron chi connectivity index (χ4n) is 2.77. The number of oxazole rings is 1. The van der Waals surface area contributed by atoms with Gasteiger partial charge in [0.2, 0.25) is 5.91 Å². The topological polar surface area (TPSA) is 126 Å². The minimum absolute atomic E-state index is 0.0364. The first kappa shape index (κ1) is 19.0. The van der Waals surface area contributed by atoms with E-state index in [0.29, 0.717) is 17.2 Å². The molecule has 3 rings (SSSR count). The van der Waals surface area contributed by atoms with E-state index in [9.17, 15) is 19.7 Å². The maximum atomic E-state index is 12.5. The van der Waals surface area contributed by atoms with Gasteiger partial charge in [-0.3, -0.25) is 19.5 Å². The monoisotopic (exact) mass is 387 g/mol. The van der Waals surface area contributed by atoms with E-state index in [1.54, 1.807) is 19.1 Å². The molecule has 0 atom stereocenters. The number of nitro groups is 1. The Morgan fingerprint density at radius 2 is 1.89 bits per heavy atom. The van der Waals surface area contributed by atoms with E-state index in [1.807, 2.05) is 0 Å². The number of rotatable bonds is 6. The zero-order valence-electron chi connectivity index (χ0n) is 15.3. The number of benzene rings is 2. The standard InChI is InChI=1S/C18H17N3O7/c1-10-6-15(26-2)16(27-3)8-12(10)19-17(22)9-20-13-5-4-11(21(24)25)7-14(13)28-18(20)23/h4-8H,9H2,1-3H3,(H,19,22). The predicted molar refractivity (Wildman–Crippen MR) is 100 cm³/mol.